The largest absolute Gasteiger partial charge is 0.465 e. The molecule has 202 valence electrons. The van der Waals surface area contributed by atoms with Gasteiger partial charge in [0, 0.05) is 13.3 Å². The van der Waals surface area contributed by atoms with Gasteiger partial charge >= 0.3 is 11.9 Å². The molecule has 7 nitrogen and oxygen atoms in total. The third kappa shape index (κ3) is 4.62. The van der Waals surface area contributed by atoms with Crippen molar-refractivity contribution >= 4 is 26.0 Å². The maximum Gasteiger partial charge on any atom is 0.336 e. The Morgan fingerprint density at radius 2 is 1.86 bits per heavy atom. The highest BCUT2D eigenvalue weighted by Gasteiger charge is 2.67. The van der Waals surface area contributed by atoms with E-state index in [0.29, 0.717) is 25.0 Å². The van der Waals surface area contributed by atoms with Crippen LogP contribution in [-0.4, -0.2) is 57.6 Å². The molecule has 0 unspecified atom stereocenters. The summed E-state index contributed by atoms with van der Waals surface area (Å²) in [5.74, 6) is -0.233. The van der Waals surface area contributed by atoms with Crippen LogP contribution in [0.15, 0.2) is 11.6 Å². The van der Waals surface area contributed by atoms with Gasteiger partial charge in [-0.25, -0.2) is 4.79 Å². The monoisotopic (exact) mass is 520 g/mol. The number of esters is 2. The normalized spacial score (nSPS) is 39.8. The van der Waals surface area contributed by atoms with E-state index in [1.54, 1.807) is 0 Å². The van der Waals surface area contributed by atoms with Crippen LogP contribution < -0.4 is 0 Å². The zero-order chi connectivity index (χ0) is 26.7. The van der Waals surface area contributed by atoms with Crippen LogP contribution in [0.2, 0.25) is 18.1 Å². The molecule has 2 aliphatic heterocycles. The van der Waals surface area contributed by atoms with Crippen molar-refractivity contribution in [1.82, 2.24) is 0 Å². The van der Waals surface area contributed by atoms with E-state index < -0.39 is 13.7 Å². The zero-order valence-electron chi connectivity index (χ0n) is 23.3. The van der Waals surface area contributed by atoms with Crippen molar-refractivity contribution < 1.29 is 33.0 Å². The molecule has 2 saturated heterocycles. The maximum atomic E-state index is 13.2. The van der Waals surface area contributed by atoms with Crippen molar-refractivity contribution in [3.8, 4) is 0 Å². The third-order valence-corrected chi connectivity index (χ3v) is 14.7. The number of fused-ring (bicyclic) bond motifs is 1. The van der Waals surface area contributed by atoms with E-state index in [9.17, 15) is 14.4 Å². The number of Topliss-reactive ketones (excluding diaryl/α,β-unsaturated/α-hetero) is 1. The number of hydrogen-bond donors (Lipinski definition) is 0. The Hall–Kier alpha value is -1.51. The molecule has 0 amide bonds. The van der Waals surface area contributed by atoms with Gasteiger partial charge in [0.05, 0.1) is 23.2 Å². The fourth-order valence-corrected chi connectivity index (χ4v) is 8.15. The summed E-state index contributed by atoms with van der Waals surface area (Å²) in [6, 6.07) is 0. The summed E-state index contributed by atoms with van der Waals surface area (Å²) in [6.07, 6.45) is 5.35. The van der Waals surface area contributed by atoms with Crippen LogP contribution in [0.5, 0.6) is 0 Å². The summed E-state index contributed by atoms with van der Waals surface area (Å²) in [6.45, 7) is 17.7. The molecule has 2 saturated carbocycles. The van der Waals surface area contributed by atoms with E-state index in [-0.39, 0.29) is 64.9 Å². The van der Waals surface area contributed by atoms with Crippen molar-refractivity contribution in [2.45, 2.75) is 103 Å². The fourth-order valence-electron chi connectivity index (χ4n) is 6.89. The van der Waals surface area contributed by atoms with Crippen LogP contribution in [-0.2, 0) is 33.0 Å². The minimum absolute atomic E-state index is 0.0285. The van der Waals surface area contributed by atoms with E-state index >= 15 is 0 Å². The number of allylic oxidation sites excluding steroid dienone is 1. The van der Waals surface area contributed by atoms with Gasteiger partial charge in [0.2, 0.25) is 0 Å². The summed E-state index contributed by atoms with van der Waals surface area (Å²) in [4.78, 5) is 37.5. The number of carbonyl (C=O) groups excluding carboxylic acids is 3. The molecule has 1 spiro atoms. The van der Waals surface area contributed by atoms with Crippen molar-refractivity contribution in [3.05, 3.63) is 11.6 Å². The molecule has 0 N–H and O–H groups in total. The molecule has 4 aliphatic rings. The molecule has 0 aromatic heterocycles. The van der Waals surface area contributed by atoms with Crippen molar-refractivity contribution in [2.75, 3.05) is 19.8 Å². The summed E-state index contributed by atoms with van der Waals surface area (Å²) >= 11 is 0. The number of ether oxygens (including phenoxy) is 3. The van der Waals surface area contributed by atoms with Crippen LogP contribution in [0.3, 0.4) is 0 Å². The summed E-state index contributed by atoms with van der Waals surface area (Å²) in [5, 5.41) is 0.0285. The Morgan fingerprint density at radius 1 is 1.19 bits per heavy atom. The molecular weight excluding hydrogens is 476 g/mol. The lowest BCUT2D eigenvalue weighted by Gasteiger charge is -2.58. The minimum atomic E-state index is -2.09. The highest BCUT2D eigenvalue weighted by molar-refractivity contribution is 6.74. The summed E-state index contributed by atoms with van der Waals surface area (Å²) < 4.78 is 23.6. The van der Waals surface area contributed by atoms with Crippen molar-refractivity contribution in [3.63, 3.8) is 0 Å². The Balaban J connectivity index is 1.61. The first-order chi connectivity index (χ1) is 16.6. The first-order valence-electron chi connectivity index (χ1n) is 13.4. The van der Waals surface area contributed by atoms with E-state index in [4.69, 9.17) is 18.6 Å². The van der Waals surface area contributed by atoms with Crippen LogP contribution in [0.4, 0.5) is 0 Å². The standard InChI is InChI=1S/C28H44O7Si/c1-18(29)33-16-27(6)21-11-14-28(17-34-28)22(26(21,5)13-12-23(27)30)10-9-19-20(15-32-24(19)31)35-36(7,8)25(2,3)4/h9,20-22H,10-17H2,1-8H3/b19-9+/t20-,21-,22-,26+,27-,28+/m0/s1. The Bertz CT molecular complexity index is 959. The molecular formula is C28H44O7Si. The van der Waals surface area contributed by atoms with Crippen LogP contribution in [0.25, 0.3) is 0 Å². The van der Waals surface area contributed by atoms with Gasteiger partial charge in [-0.05, 0) is 68.0 Å². The second-order valence-electron chi connectivity index (χ2n) is 13.5. The lowest BCUT2D eigenvalue weighted by atomic mass is 9.45. The summed E-state index contributed by atoms with van der Waals surface area (Å²) in [7, 11) is -2.09. The van der Waals surface area contributed by atoms with Gasteiger partial charge in [-0.15, -0.1) is 0 Å². The van der Waals surface area contributed by atoms with Crippen molar-refractivity contribution in [1.29, 1.82) is 0 Å². The maximum absolute atomic E-state index is 13.2. The third-order valence-electron chi connectivity index (χ3n) is 10.2. The Morgan fingerprint density at radius 3 is 2.44 bits per heavy atom. The quantitative estimate of drug-likeness (QED) is 0.211. The number of carbonyl (C=O) groups is 3. The predicted molar refractivity (Wildman–Crippen MR) is 138 cm³/mol. The van der Waals surface area contributed by atoms with Crippen LogP contribution in [0, 0.1) is 22.7 Å². The molecule has 4 rings (SSSR count). The first kappa shape index (κ1) is 27.5. The molecule has 2 heterocycles. The second kappa shape index (κ2) is 9.05. The molecule has 0 radical (unpaired) electrons. The average Bonchev–Trinajstić information content (AvgIpc) is 3.46. The molecule has 4 fully saturated rings. The van der Waals surface area contributed by atoms with E-state index in [2.05, 4.69) is 40.8 Å². The average molecular weight is 521 g/mol. The zero-order valence-corrected chi connectivity index (χ0v) is 24.3. The van der Waals surface area contributed by atoms with E-state index in [0.717, 1.165) is 19.3 Å². The SMILES string of the molecule is CC(=O)OC[C@]1(C)C(=O)CC[C@@]2(C)[C@H](C/C=C3/C(=O)OC[C@@H]3O[Si](C)(C)C(C)(C)C)[C@@]3(CC[C@@H]21)CO3. The minimum Gasteiger partial charge on any atom is -0.465 e. The van der Waals surface area contributed by atoms with Gasteiger partial charge in [0.15, 0.2) is 8.32 Å². The van der Waals surface area contributed by atoms with Gasteiger partial charge < -0.3 is 18.6 Å². The number of epoxide rings is 1. The van der Waals surface area contributed by atoms with Gasteiger partial charge in [0.1, 0.15) is 25.1 Å². The fraction of sp³-hybridized carbons (Fsp3) is 0.821. The number of ketones is 1. The Labute approximate surface area is 216 Å². The van der Waals surface area contributed by atoms with E-state index in [1.165, 1.54) is 6.92 Å². The second-order valence-corrected chi connectivity index (χ2v) is 18.2. The molecule has 0 bridgehead atoms. The molecule has 0 aromatic rings. The molecule has 36 heavy (non-hydrogen) atoms. The Kier molecular flexibility index (Phi) is 6.92. The lowest BCUT2D eigenvalue weighted by Crippen LogP contribution is -2.59. The lowest BCUT2D eigenvalue weighted by molar-refractivity contribution is -0.169. The summed E-state index contributed by atoms with van der Waals surface area (Å²) in [5.41, 5.74) is -0.465. The highest BCUT2D eigenvalue weighted by Crippen LogP contribution is 2.65. The predicted octanol–water partition coefficient (Wildman–Crippen LogP) is 4.98. The van der Waals surface area contributed by atoms with Gasteiger partial charge in [-0.2, -0.15) is 0 Å². The van der Waals surface area contributed by atoms with Crippen LogP contribution in [0.1, 0.15) is 73.6 Å². The molecule has 0 aromatic carbocycles. The first-order valence-corrected chi connectivity index (χ1v) is 16.3. The number of rotatable bonds is 6. The van der Waals surface area contributed by atoms with Gasteiger partial charge in [-0.3, -0.25) is 9.59 Å². The van der Waals surface area contributed by atoms with Crippen LogP contribution >= 0.6 is 0 Å². The van der Waals surface area contributed by atoms with Gasteiger partial charge in [0.25, 0.3) is 0 Å². The number of hydrogen-bond acceptors (Lipinski definition) is 7. The molecule has 2 aliphatic carbocycles. The van der Waals surface area contributed by atoms with E-state index in [1.807, 2.05) is 13.0 Å². The highest BCUT2D eigenvalue weighted by atomic mass is 28.4. The topological polar surface area (TPSA) is 91.4 Å². The van der Waals surface area contributed by atoms with Gasteiger partial charge in [-0.1, -0.05) is 33.8 Å². The molecule has 8 heteroatoms. The molecule has 6 atom stereocenters. The number of cyclic esters (lactones) is 1. The van der Waals surface area contributed by atoms with Crippen molar-refractivity contribution in [2.24, 2.45) is 22.7 Å². The smallest absolute Gasteiger partial charge is 0.336 e.